The zero-order valence-corrected chi connectivity index (χ0v) is 18.0. The van der Waals surface area contributed by atoms with Crippen LogP contribution in [-0.4, -0.2) is 35.5 Å². The van der Waals surface area contributed by atoms with Gasteiger partial charge in [0.05, 0.1) is 12.2 Å². The maximum Gasteiger partial charge on any atom is 0.355 e. The Balaban J connectivity index is 2.15. The highest BCUT2D eigenvalue weighted by Gasteiger charge is 2.27. The van der Waals surface area contributed by atoms with Crippen LogP contribution in [0.25, 0.3) is 0 Å². The summed E-state index contributed by atoms with van der Waals surface area (Å²) in [7, 11) is 0. The van der Waals surface area contributed by atoms with Gasteiger partial charge in [-0.15, -0.1) is 0 Å². The molecule has 29 heavy (non-hydrogen) atoms. The van der Waals surface area contributed by atoms with E-state index < -0.39 is 23.9 Å². The fourth-order valence-corrected chi connectivity index (χ4v) is 3.34. The van der Waals surface area contributed by atoms with Crippen molar-refractivity contribution < 1.29 is 23.9 Å². The summed E-state index contributed by atoms with van der Waals surface area (Å²) in [6.07, 6.45) is -1.01. The Kier molecular flexibility index (Phi) is 6.84. The number of H-pyrrole nitrogens is 1. The van der Waals surface area contributed by atoms with Crippen molar-refractivity contribution >= 4 is 23.5 Å². The van der Waals surface area contributed by atoms with Crippen molar-refractivity contribution in [3.05, 3.63) is 51.3 Å². The van der Waals surface area contributed by atoms with Crippen LogP contribution in [-0.2, 0) is 14.3 Å². The van der Waals surface area contributed by atoms with Crippen LogP contribution in [0.5, 0.6) is 0 Å². The van der Waals surface area contributed by atoms with Gasteiger partial charge in [-0.25, -0.2) is 9.59 Å². The van der Waals surface area contributed by atoms with Gasteiger partial charge in [0.2, 0.25) is 0 Å². The second-order valence-corrected chi connectivity index (χ2v) is 7.16. The van der Waals surface area contributed by atoms with Gasteiger partial charge in [0.15, 0.2) is 6.10 Å². The molecule has 1 heterocycles. The molecule has 2 rings (SSSR count). The lowest BCUT2D eigenvalue weighted by Crippen LogP contribution is -2.30. The number of ether oxygens (including phenoxy) is 2. The fraction of sp³-hybridized carbons (Fsp3) is 0.409. The molecule has 1 atom stereocenters. The summed E-state index contributed by atoms with van der Waals surface area (Å²) in [5.74, 6) is -1.64. The molecule has 0 bridgehead atoms. The van der Waals surface area contributed by atoms with Crippen LogP contribution >= 0.6 is 0 Å². The Morgan fingerprint density at radius 3 is 2.17 bits per heavy atom. The lowest BCUT2D eigenvalue weighted by atomic mass is 10.0. The number of aryl methyl sites for hydroxylation is 4. The van der Waals surface area contributed by atoms with Crippen molar-refractivity contribution in [2.24, 2.45) is 0 Å². The van der Waals surface area contributed by atoms with E-state index in [1.54, 1.807) is 20.8 Å². The lowest BCUT2D eigenvalue weighted by Gasteiger charge is -2.17. The second kappa shape index (κ2) is 8.94. The van der Waals surface area contributed by atoms with Gasteiger partial charge >= 0.3 is 11.9 Å². The average Bonchev–Trinajstić information content (AvgIpc) is 2.92. The Labute approximate surface area is 170 Å². The molecule has 0 aliphatic carbocycles. The number of esters is 2. The molecule has 0 aliphatic rings. The molecule has 0 saturated carbocycles. The molecule has 7 heteroatoms. The standard InChI is InChI=1S/C22H28N2O5/c1-8-28-22(27)19-14(5)17(15(6)23-19)21(26)29-16(7)20(25)24-18-12(3)9-11(2)10-13(18)4/h9-10,16,23H,8H2,1-7H3,(H,24,25)/t16-/m0/s1. The first-order valence-electron chi connectivity index (χ1n) is 9.52. The van der Waals surface area contributed by atoms with Gasteiger partial charge in [-0.2, -0.15) is 0 Å². The molecule has 0 spiro atoms. The van der Waals surface area contributed by atoms with E-state index in [1.165, 1.54) is 6.92 Å². The number of hydrogen-bond acceptors (Lipinski definition) is 5. The second-order valence-electron chi connectivity index (χ2n) is 7.16. The maximum atomic E-state index is 12.7. The molecule has 0 radical (unpaired) electrons. The number of hydrogen-bond donors (Lipinski definition) is 2. The molecule has 1 aromatic heterocycles. The van der Waals surface area contributed by atoms with Gasteiger partial charge in [-0.05, 0) is 65.2 Å². The maximum absolute atomic E-state index is 12.7. The zero-order valence-electron chi connectivity index (χ0n) is 18.0. The number of benzene rings is 1. The van der Waals surface area contributed by atoms with E-state index in [0.29, 0.717) is 16.9 Å². The van der Waals surface area contributed by atoms with Gasteiger partial charge in [0, 0.05) is 11.4 Å². The first-order chi connectivity index (χ1) is 13.6. The number of nitrogens with one attached hydrogen (secondary N) is 2. The van der Waals surface area contributed by atoms with Crippen LogP contribution in [0.15, 0.2) is 12.1 Å². The summed E-state index contributed by atoms with van der Waals surface area (Å²) in [5.41, 5.74) is 5.04. The summed E-state index contributed by atoms with van der Waals surface area (Å²) >= 11 is 0. The Hall–Kier alpha value is -3.09. The van der Waals surface area contributed by atoms with Crippen molar-refractivity contribution in [1.82, 2.24) is 4.98 Å². The lowest BCUT2D eigenvalue weighted by molar-refractivity contribution is -0.123. The topological polar surface area (TPSA) is 97.5 Å². The molecule has 2 N–H and O–H groups in total. The molecule has 2 aromatic rings. The van der Waals surface area contributed by atoms with Crippen LogP contribution in [0.1, 0.15) is 62.6 Å². The van der Waals surface area contributed by atoms with Crippen molar-refractivity contribution in [2.45, 2.75) is 54.6 Å². The van der Waals surface area contributed by atoms with E-state index in [1.807, 2.05) is 32.9 Å². The number of anilines is 1. The fourth-order valence-electron chi connectivity index (χ4n) is 3.34. The predicted octanol–water partition coefficient (Wildman–Crippen LogP) is 3.92. The van der Waals surface area contributed by atoms with Crippen molar-refractivity contribution in [1.29, 1.82) is 0 Å². The minimum Gasteiger partial charge on any atom is -0.461 e. The molecular weight excluding hydrogens is 372 g/mol. The summed E-state index contributed by atoms with van der Waals surface area (Å²) in [6.45, 7) is 12.6. The molecule has 1 amide bonds. The minimum atomic E-state index is -1.01. The highest BCUT2D eigenvalue weighted by atomic mass is 16.5. The quantitative estimate of drug-likeness (QED) is 0.717. The van der Waals surface area contributed by atoms with Crippen LogP contribution < -0.4 is 5.32 Å². The monoisotopic (exact) mass is 400 g/mol. The number of carbonyl (C=O) groups excluding carboxylic acids is 3. The molecule has 7 nitrogen and oxygen atoms in total. The molecule has 0 unspecified atom stereocenters. The van der Waals surface area contributed by atoms with Crippen molar-refractivity contribution in [3.63, 3.8) is 0 Å². The third-order valence-electron chi connectivity index (χ3n) is 4.70. The number of carbonyl (C=O) groups is 3. The molecular formula is C22H28N2O5. The minimum absolute atomic E-state index is 0.208. The highest BCUT2D eigenvalue weighted by Crippen LogP contribution is 2.23. The average molecular weight is 400 g/mol. The molecule has 1 aromatic carbocycles. The number of aromatic nitrogens is 1. The number of amides is 1. The Morgan fingerprint density at radius 2 is 1.62 bits per heavy atom. The molecule has 0 saturated heterocycles. The molecule has 0 aliphatic heterocycles. The molecule has 156 valence electrons. The van der Waals surface area contributed by atoms with Crippen molar-refractivity contribution in [3.8, 4) is 0 Å². The van der Waals surface area contributed by atoms with Gasteiger partial charge in [-0.1, -0.05) is 17.7 Å². The number of aromatic amines is 1. The first kappa shape index (κ1) is 22.2. The third-order valence-corrected chi connectivity index (χ3v) is 4.70. The smallest absolute Gasteiger partial charge is 0.355 e. The largest absolute Gasteiger partial charge is 0.461 e. The highest BCUT2D eigenvalue weighted by molar-refractivity contribution is 6.01. The normalized spacial score (nSPS) is 11.7. The SMILES string of the molecule is CCOC(=O)c1[nH]c(C)c(C(=O)O[C@@H](C)C(=O)Nc2c(C)cc(C)cc2C)c1C. The van der Waals surface area contributed by atoms with Crippen molar-refractivity contribution in [2.75, 3.05) is 11.9 Å². The van der Waals surface area contributed by atoms with Crippen LogP contribution in [0.3, 0.4) is 0 Å². The summed E-state index contributed by atoms with van der Waals surface area (Å²) in [6, 6.07) is 3.95. The predicted molar refractivity (Wildman–Crippen MR) is 110 cm³/mol. The molecule has 0 fully saturated rings. The zero-order chi connectivity index (χ0) is 21.9. The van der Waals surface area contributed by atoms with E-state index in [4.69, 9.17) is 9.47 Å². The van der Waals surface area contributed by atoms with Gasteiger partial charge in [0.1, 0.15) is 5.69 Å². The first-order valence-corrected chi connectivity index (χ1v) is 9.52. The van der Waals surface area contributed by atoms with E-state index >= 15 is 0 Å². The van der Waals surface area contributed by atoms with Gasteiger partial charge in [-0.3, -0.25) is 4.79 Å². The number of rotatable bonds is 6. The Morgan fingerprint density at radius 1 is 1.03 bits per heavy atom. The van der Waals surface area contributed by atoms with Gasteiger partial charge in [0.25, 0.3) is 5.91 Å². The van der Waals surface area contributed by atoms with E-state index in [9.17, 15) is 14.4 Å². The van der Waals surface area contributed by atoms with E-state index in [2.05, 4.69) is 10.3 Å². The van der Waals surface area contributed by atoms with E-state index in [-0.39, 0.29) is 17.9 Å². The summed E-state index contributed by atoms with van der Waals surface area (Å²) in [5, 5.41) is 2.83. The summed E-state index contributed by atoms with van der Waals surface area (Å²) < 4.78 is 10.4. The van der Waals surface area contributed by atoms with E-state index in [0.717, 1.165) is 16.7 Å². The summed E-state index contributed by atoms with van der Waals surface area (Å²) in [4.78, 5) is 40.1. The van der Waals surface area contributed by atoms with Crippen LogP contribution in [0.2, 0.25) is 0 Å². The van der Waals surface area contributed by atoms with Gasteiger partial charge < -0.3 is 19.8 Å². The van der Waals surface area contributed by atoms with Crippen LogP contribution in [0, 0.1) is 34.6 Å². The van der Waals surface area contributed by atoms with Crippen LogP contribution in [0.4, 0.5) is 5.69 Å². The third kappa shape index (κ3) is 4.85. The Bertz CT molecular complexity index is 935.